The number of aryl methyl sites for hydroxylation is 1. The van der Waals surface area contributed by atoms with Crippen LogP contribution in [0, 0.1) is 6.92 Å². The first-order chi connectivity index (χ1) is 6.31. The van der Waals surface area contributed by atoms with Crippen molar-refractivity contribution in [2.75, 3.05) is 0 Å². The summed E-state index contributed by atoms with van der Waals surface area (Å²) >= 11 is 0. The summed E-state index contributed by atoms with van der Waals surface area (Å²) in [6.45, 7) is 2.06. The van der Waals surface area contributed by atoms with Gasteiger partial charge in [-0.2, -0.15) is 0 Å². The first-order valence-electron chi connectivity index (χ1n) is 4.26. The van der Waals surface area contributed by atoms with Gasteiger partial charge in [0.1, 0.15) is 0 Å². The summed E-state index contributed by atoms with van der Waals surface area (Å²) in [6.07, 6.45) is 1.80. The molecule has 0 unspecified atom stereocenters. The maximum absolute atomic E-state index is 8.97. The molecule has 0 spiro atoms. The van der Waals surface area contributed by atoms with E-state index in [1.54, 1.807) is 6.20 Å². The van der Waals surface area contributed by atoms with Gasteiger partial charge >= 0.3 is 0 Å². The molecule has 13 heavy (non-hydrogen) atoms. The van der Waals surface area contributed by atoms with Gasteiger partial charge in [0.2, 0.25) is 0 Å². The van der Waals surface area contributed by atoms with Crippen LogP contribution in [0.25, 0.3) is 10.8 Å². The average Bonchev–Trinajstić information content (AvgIpc) is 2.18. The fraction of sp³-hybridized carbons (Fsp3) is 0.182. The van der Waals surface area contributed by atoms with Crippen molar-refractivity contribution < 1.29 is 5.11 Å². The lowest BCUT2D eigenvalue weighted by Gasteiger charge is -2.02. The molecule has 0 amide bonds. The van der Waals surface area contributed by atoms with Gasteiger partial charge in [-0.15, -0.1) is 0 Å². The molecule has 0 aliphatic rings. The Balaban J connectivity index is 2.74. The number of aliphatic hydroxyl groups is 1. The van der Waals surface area contributed by atoms with Crippen molar-refractivity contribution in [3.63, 3.8) is 0 Å². The molecule has 1 aromatic heterocycles. The number of fused-ring (bicyclic) bond motifs is 1. The number of benzene rings is 1. The molecule has 0 aliphatic carbocycles. The zero-order valence-corrected chi connectivity index (χ0v) is 7.49. The molecule has 1 aromatic carbocycles. The number of aliphatic hydroxyl groups excluding tert-OH is 1. The van der Waals surface area contributed by atoms with Gasteiger partial charge < -0.3 is 5.11 Å². The number of hydrogen-bond donors (Lipinski definition) is 1. The third-order valence-corrected chi connectivity index (χ3v) is 2.21. The van der Waals surface area contributed by atoms with Gasteiger partial charge in [-0.3, -0.25) is 4.98 Å². The number of rotatable bonds is 1. The monoisotopic (exact) mass is 173 g/mol. The Labute approximate surface area is 76.9 Å². The average molecular weight is 173 g/mol. The maximum atomic E-state index is 8.97. The van der Waals surface area contributed by atoms with Crippen LogP contribution in [0.15, 0.2) is 30.5 Å². The van der Waals surface area contributed by atoms with Gasteiger partial charge in [-0.1, -0.05) is 12.1 Å². The Morgan fingerprint density at radius 1 is 1.31 bits per heavy atom. The van der Waals surface area contributed by atoms with Crippen molar-refractivity contribution in [1.29, 1.82) is 0 Å². The van der Waals surface area contributed by atoms with Crippen LogP contribution in [0.1, 0.15) is 11.3 Å². The molecule has 0 atom stereocenters. The SMILES string of the molecule is Cc1nccc2ccc(CO)cc12. The van der Waals surface area contributed by atoms with Crippen molar-refractivity contribution >= 4 is 10.8 Å². The molecule has 2 aromatic rings. The topological polar surface area (TPSA) is 33.1 Å². The second kappa shape index (κ2) is 3.15. The van der Waals surface area contributed by atoms with Crippen LogP contribution in [0.5, 0.6) is 0 Å². The number of pyridine rings is 1. The molecule has 0 aliphatic heterocycles. The fourth-order valence-corrected chi connectivity index (χ4v) is 1.46. The van der Waals surface area contributed by atoms with E-state index in [1.165, 1.54) is 5.39 Å². The molecule has 1 heterocycles. The summed E-state index contributed by atoms with van der Waals surface area (Å²) in [6, 6.07) is 7.90. The van der Waals surface area contributed by atoms with Crippen LogP contribution in [0.3, 0.4) is 0 Å². The Kier molecular flexibility index (Phi) is 1.99. The molecule has 2 heteroatoms. The van der Waals surface area contributed by atoms with Gasteiger partial charge in [0.15, 0.2) is 0 Å². The first kappa shape index (κ1) is 8.20. The molecule has 0 bridgehead atoms. The summed E-state index contributed by atoms with van der Waals surface area (Å²) in [5, 5.41) is 11.3. The number of aromatic nitrogens is 1. The van der Waals surface area contributed by atoms with E-state index in [0.717, 1.165) is 16.6 Å². The second-order valence-electron chi connectivity index (χ2n) is 3.11. The minimum absolute atomic E-state index is 0.0876. The maximum Gasteiger partial charge on any atom is 0.0682 e. The lowest BCUT2D eigenvalue weighted by Crippen LogP contribution is -1.86. The van der Waals surface area contributed by atoms with Crippen LogP contribution in [0.2, 0.25) is 0 Å². The molecular weight excluding hydrogens is 162 g/mol. The quantitative estimate of drug-likeness (QED) is 0.715. The van der Waals surface area contributed by atoms with E-state index in [-0.39, 0.29) is 6.61 Å². The third kappa shape index (κ3) is 1.40. The van der Waals surface area contributed by atoms with Crippen LogP contribution >= 0.6 is 0 Å². The Morgan fingerprint density at radius 2 is 2.15 bits per heavy atom. The lowest BCUT2D eigenvalue weighted by molar-refractivity contribution is 0.282. The van der Waals surface area contributed by atoms with Gasteiger partial charge in [0, 0.05) is 17.3 Å². The van der Waals surface area contributed by atoms with Crippen LogP contribution in [-0.4, -0.2) is 10.1 Å². The van der Waals surface area contributed by atoms with E-state index in [2.05, 4.69) is 4.98 Å². The zero-order chi connectivity index (χ0) is 9.26. The van der Waals surface area contributed by atoms with E-state index in [9.17, 15) is 0 Å². The predicted molar refractivity (Wildman–Crippen MR) is 52.4 cm³/mol. The van der Waals surface area contributed by atoms with Crippen molar-refractivity contribution in [1.82, 2.24) is 4.98 Å². The molecule has 0 saturated heterocycles. The highest BCUT2D eigenvalue weighted by molar-refractivity contribution is 5.84. The predicted octanol–water partition coefficient (Wildman–Crippen LogP) is 2.04. The molecule has 2 rings (SSSR count). The first-order valence-corrected chi connectivity index (χ1v) is 4.26. The largest absolute Gasteiger partial charge is 0.392 e. The van der Waals surface area contributed by atoms with E-state index < -0.39 is 0 Å². The van der Waals surface area contributed by atoms with E-state index in [1.807, 2.05) is 31.2 Å². The number of nitrogens with zero attached hydrogens (tertiary/aromatic N) is 1. The minimum Gasteiger partial charge on any atom is -0.392 e. The highest BCUT2D eigenvalue weighted by Crippen LogP contribution is 2.17. The van der Waals surface area contributed by atoms with Crippen molar-refractivity contribution in [2.24, 2.45) is 0 Å². The van der Waals surface area contributed by atoms with Crippen LogP contribution in [-0.2, 0) is 6.61 Å². The van der Waals surface area contributed by atoms with Crippen molar-refractivity contribution in [3.8, 4) is 0 Å². The molecule has 66 valence electrons. The third-order valence-electron chi connectivity index (χ3n) is 2.21. The fourth-order valence-electron chi connectivity index (χ4n) is 1.46. The molecule has 1 N–H and O–H groups in total. The minimum atomic E-state index is 0.0876. The van der Waals surface area contributed by atoms with Gasteiger partial charge in [-0.05, 0) is 30.0 Å². The van der Waals surface area contributed by atoms with Gasteiger partial charge in [0.05, 0.1) is 6.61 Å². The molecule has 0 fully saturated rings. The standard InChI is InChI=1S/C11H11NO/c1-8-11-6-9(7-13)2-3-10(11)4-5-12-8/h2-6,13H,7H2,1H3. The highest BCUT2D eigenvalue weighted by Gasteiger charge is 1.98. The molecule has 2 nitrogen and oxygen atoms in total. The Hall–Kier alpha value is -1.41. The normalized spacial score (nSPS) is 10.6. The van der Waals surface area contributed by atoms with E-state index in [4.69, 9.17) is 5.11 Å². The summed E-state index contributed by atoms with van der Waals surface area (Å²) < 4.78 is 0. The molecule has 0 radical (unpaired) electrons. The summed E-state index contributed by atoms with van der Waals surface area (Å²) in [5.41, 5.74) is 1.94. The van der Waals surface area contributed by atoms with Crippen LogP contribution in [0.4, 0.5) is 0 Å². The van der Waals surface area contributed by atoms with Crippen LogP contribution < -0.4 is 0 Å². The molecule has 0 saturated carbocycles. The Bertz CT molecular complexity index is 437. The summed E-state index contributed by atoms with van der Waals surface area (Å²) in [7, 11) is 0. The Morgan fingerprint density at radius 3 is 2.92 bits per heavy atom. The summed E-state index contributed by atoms with van der Waals surface area (Å²) in [5.74, 6) is 0. The highest BCUT2D eigenvalue weighted by atomic mass is 16.3. The molecular formula is C11H11NO. The number of hydrogen-bond acceptors (Lipinski definition) is 2. The smallest absolute Gasteiger partial charge is 0.0682 e. The zero-order valence-electron chi connectivity index (χ0n) is 7.49. The lowest BCUT2D eigenvalue weighted by atomic mass is 10.1. The van der Waals surface area contributed by atoms with Gasteiger partial charge in [-0.25, -0.2) is 0 Å². The van der Waals surface area contributed by atoms with Crippen molar-refractivity contribution in [3.05, 3.63) is 41.7 Å². The second-order valence-corrected chi connectivity index (χ2v) is 3.11. The summed E-state index contributed by atoms with van der Waals surface area (Å²) in [4.78, 5) is 4.20. The van der Waals surface area contributed by atoms with E-state index in [0.29, 0.717) is 0 Å². The van der Waals surface area contributed by atoms with Gasteiger partial charge in [0.25, 0.3) is 0 Å². The van der Waals surface area contributed by atoms with E-state index >= 15 is 0 Å². The van der Waals surface area contributed by atoms with Crippen molar-refractivity contribution in [2.45, 2.75) is 13.5 Å².